The van der Waals surface area contributed by atoms with Crippen molar-refractivity contribution in [3.05, 3.63) is 0 Å². The van der Waals surface area contributed by atoms with E-state index in [4.69, 9.17) is 24.1 Å². The monoisotopic (exact) mass is 264 g/mol. The molecule has 0 atom stereocenters. The fraction of sp³-hybridized carbons (Fsp3) is 1.00. The van der Waals surface area contributed by atoms with Gasteiger partial charge in [0.1, 0.15) is 0 Å². The van der Waals surface area contributed by atoms with Gasteiger partial charge in [0.15, 0.2) is 0 Å². The lowest BCUT2D eigenvalue weighted by atomic mass is 10.1. The minimum Gasteiger partial charge on any atom is -0.394 e. The number of aliphatic hydroxyl groups is 1. The Kier molecular flexibility index (Phi) is 11.7. The standard InChI is InChI=1S/C13H28O5/c1-4-13(2,3)18-12-11-17-10-9-16-8-7-15-6-5-14/h14H,4-12H2,1-3H3. The van der Waals surface area contributed by atoms with Crippen LogP contribution in [0, 0.1) is 0 Å². The van der Waals surface area contributed by atoms with Crippen LogP contribution in [-0.2, 0) is 18.9 Å². The van der Waals surface area contributed by atoms with Gasteiger partial charge in [-0.15, -0.1) is 0 Å². The van der Waals surface area contributed by atoms with Crippen molar-refractivity contribution >= 4 is 0 Å². The molecule has 110 valence electrons. The van der Waals surface area contributed by atoms with Gasteiger partial charge in [0.05, 0.1) is 58.5 Å². The van der Waals surface area contributed by atoms with E-state index < -0.39 is 0 Å². The molecule has 0 aliphatic heterocycles. The molecule has 0 unspecified atom stereocenters. The van der Waals surface area contributed by atoms with E-state index >= 15 is 0 Å². The van der Waals surface area contributed by atoms with Crippen molar-refractivity contribution in [3.8, 4) is 0 Å². The van der Waals surface area contributed by atoms with Crippen molar-refractivity contribution in [1.82, 2.24) is 0 Å². The lowest BCUT2D eigenvalue weighted by molar-refractivity contribution is -0.0555. The molecule has 0 aromatic carbocycles. The van der Waals surface area contributed by atoms with Gasteiger partial charge in [-0.25, -0.2) is 0 Å². The van der Waals surface area contributed by atoms with Crippen LogP contribution >= 0.6 is 0 Å². The summed E-state index contributed by atoms with van der Waals surface area (Å²) in [6.45, 7) is 10.0. The fourth-order valence-electron chi connectivity index (χ4n) is 1.09. The highest BCUT2D eigenvalue weighted by Gasteiger charge is 2.14. The maximum absolute atomic E-state index is 8.47. The van der Waals surface area contributed by atoms with Gasteiger partial charge in [-0.05, 0) is 20.3 Å². The second-order valence-electron chi connectivity index (χ2n) is 4.52. The van der Waals surface area contributed by atoms with Crippen LogP contribution in [0.25, 0.3) is 0 Å². The molecule has 18 heavy (non-hydrogen) atoms. The largest absolute Gasteiger partial charge is 0.394 e. The third-order valence-electron chi connectivity index (χ3n) is 2.55. The van der Waals surface area contributed by atoms with Gasteiger partial charge < -0.3 is 24.1 Å². The lowest BCUT2D eigenvalue weighted by Gasteiger charge is -2.23. The molecule has 0 aliphatic rings. The Morgan fingerprint density at radius 3 is 1.67 bits per heavy atom. The molecule has 0 aliphatic carbocycles. The highest BCUT2D eigenvalue weighted by atomic mass is 16.6. The van der Waals surface area contributed by atoms with Crippen LogP contribution in [0.1, 0.15) is 27.2 Å². The molecule has 0 amide bonds. The molecule has 0 fully saturated rings. The molecular weight excluding hydrogens is 236 g/mol. The van der Waals surface area contributed by atoms with E-state index in [1.165, 1.54) is 0 Å². The van der Waals surface area contributed by atoms with Gasteiger partial charge in [0, 0.05) is 0 Å². The van der Waals surface area contributed by atoms with Crippen molar-refractivity contribution in [3.63, 3.8) is 0 Å². The maximum atomic E-state index is 8.47. The van der Waals surface area contributed by atoms with Gasteiger partial charge in [0.25, 0.3) is 0 Å². The Balaban J connectivity index is 3.08. The summed E-state index contributed by atoms with van der Waals surface area (Å²) in [4.78, 5) is 0. The van der Waals surface area contributed by atoms with Crippen LogP contribution in [0.3, 0.4) is 0 Å². The molecule has 0 heterocycles. The predicted octanol–water partition coefficient (Wildman–Crippen LogP) is 1.23. The number of aliphatic hydroxyl groups excluding tert-OH is 1. The highest BCUT2D eigenvalue weighted by molar-refractivity contribution is 4.64. The molecule has 5 heteroatoms. The first kappa shape index (κ1) is 17.8. The summed E-state index contributed by atoms with van der Waals surface area (Å²) in [6.07, 6.45) is 0.990. The average molecular weight is 264 g/mol. The lowest BCUT2D eigenvalue weighted by Crippen LogP contribution is -2.25. The van der Waals surface area contributed by atoms with Crippen molar-refractivity contribution in [2.75, 3.05) is 52.9 Å². The molecule has 0 aromatic heterocycles. The fourth-order valence-corrected chi connectivity index (χ4v) is 1.09. The number of rotatable bonds is 13. The van der Waals surface area contributed by atoms with Crippen molar-refractivity contribution < 1.29 is 24.1 Å². The quantitative estimate of drug-likeness (QED) is 0.507. The Morgan fingerprint density at radius 1 is 0.778 bits per heavy atom. The third-order valence-corrected chi connectivity index (χ3v) is 2.55. The first-order valence-corrected chi connectivity index (χ1v) is 6.60. The van der Waals surface area contributed by atoms with Crippen LogP contribution in [-0.4, -0.2) is 63.6 Å². The summed E-state index contributed by atoms with van der Waals surface area (Å²) in [5.74, 6) is 0. The summed E-state index contributed by atoms with van der Waals surface area (Å²) in [6, 6.07) is 0. The molecule has 0 saturated carbocycles. The van der Waals surface area contributed by atoms with E-state index in [-0.39, 0.29) is 12.2 Å². The number of ether oxygens (including phenoxy) is 4. The van der Waals surface area contributed by atoms with Crippen LogP contribution in [0.4, 0.5) is 0 Å². The molecule has 1 N–H and O–H groups in total. The van der Waals surface area contributed by atoms with Gasteiger partial charge >= 0.3 is 0 Å². The summed E-state index contributed by atoms with van der Waals surface area (Å²) < 4.78 is 21.3. The highest BCUT2D eigenvalue weighted by Crippen LogP contribution is 2.12. The zero-order chi connectivity index (χ0) is 13.7. The smallest absolute Gasteiger partial charge is 0.0707 e. The average Bonchev–Trinajstić information content (AvgIpc) is 2.36. The van der Waals surface area contributed by atoms with Gasteiger partial charge in [0.2, 0.25) is 0 Å². The minimum absolute atomic E-state index is 0.0528. The van der Waals surface area contributed by atoms with Gasteiger partial charge in [-0.3, -0.25) is 0 Å². The zero-order valence-electron chi connectivity index (χ0n) is 11.9. The van der Waals surface area contributed by atoms with E-state index in [0.29, 0.717) is 46.2 Å². The zero-order valence-corrected chi connectivity index (χ0v) is 11.9. The molecule has 0 aromatic rings. The van der Waals surface area contributed by atoms with Crippen LogP contribution in [0.15, 0.2) is 0 Å². The van der Waals surface area contributed by atoms with Crippen molar-refractivity contribution in [2.45, 2.75) is 32.8 Å². The van der Waals surface area contributed by atoms with Crippen LogP contribution in [0.5, 0.6) is 0 Å². The molecule has 0 radical (unpaired) electrons. The topological polar surface area (TPSA) is 57.2 Å². The first-order chi connectivity index (χ1) is 8.62. The molecule has 0 saturated heterocycles. The summed E-state index contributed by atoms with van der Waals surface area (Å²) in [5.41, 5.74) is -0.0656. The Hall–Kier alpha value is -0.200. The second kappa shape index (κ2) is 11.9. The maximum Gasteiger partial charge on any atom is 0.0707 e. The molecule has 0 bridgehead atoms. The summed E-state index contributed by atoms with van der Waals surface area (Å²) >= 11 is 0. The van der Waals surface area contributed by atoms with E-state index in [1.807, 2.05) is 0 Å². The van der Waals surface area contributed by atoms with Crippen LogP contribution < -0.4 is 0 Å². The Bertz CT molecular complexity index is 173. The van der Waals surface area contributed by atoms with Gasteiger partial charge in [-0.1, -0.05) is 6.92 Å². The van der Waals surface area contributed by atoms with Gasteiger partial charge in [-0.2, -0.15) is 0 Å². The van der Waals surface area contributed by atoms with Crippen molar-refractivity contribution in [2.24, 2.45) is 0 Å². The van der Waals surface area contributed by atoms with Crippen molar-refractivity contribution in [1.29, 1.82) is 0 Å². The Morgan fingerprint density at radius 2 is 1.22 bits per heavy atom. The number of hydrogen-bond acceptors (Lipinski definition) is 5. The summed E-state index contributed by atoms with van der Waals surface area (Å²) in [7, 11) is 0. The molecule has 0 rings (SSSR count). The number of hydrogen-bond donors (Lipinski definition) is 1. The minimum atomic E-state index is -0.0656. The van der Waals surface area contributed by atoms with E-state index in [9.17, 15) is 0 Å². The molecule has 0 spiro atoms. The normalized spacial score (nSPS) is 12.0. The molecular formula is C13H28O5. The van der Waals surface area contributed by atoms with E-state index in [1.54, 1.807) is 0 Å². The SMILES string of the molecule is CCC(C)(C)OCCOCCOCCOCCO. The first-order valence-electron chi connectivity index (χ1n) is 6.60. The second-order valence-corrected chi connectivity index (χ2v) is 4.52. The van der Waals surface area contributed by atoms with E-state index in [2.05, 4.69) is 20.8 Å². The Labute approximate surface area is 110 Å². The van der Waals surface area contributed by atoms with E-state index in [0.717, 1.165) is 6.42 Å². The molecule has 5 nitrogen and oxygen atoms in total. The summed E-state index contributed by atoms with van der Waals surface area (Å²) in [5, 5.41) is 8.47. The third kappa shape index (κ3) is 12.3. The predicted molar refractivity (Wildman–Crippen MR) is 69.9 cm³/mol. The van der Waals surface area contributed by atoms with Crippen LogP contribution in [0.2, 0.25) is 0 Å².